The van der Waals surface area contributed by atoms with Gasteiger partial charge in [0.25, 0.3) is 5.91 Å². The number of nitriles is 1. The van der Waals surface area contributed by atoms with Gasteiger partial charge < -0.3 is 20.8 Å². The SMILES string of the molecule is N#Cc1ccc2c(c1)C(=N\OCCN1CCNCC1)/C(=C1/C(=O)Nc3c1cccc3C(F)(F)F)N2. The van der Waals surface area contributed by atoms with Crippen molar-refractivity contribution < 1.29 is 22.8 Å². The third-order valence-electron chi connectivity index (χ3n) is 6.12. The largest absolute Gasteiger partial charge is 0.418 e. The standard InChI is InChI=1S/C24H21F3N6O2/c25-24(26,27)17-3-1-2-15-19(23(34)31-20(15)17)22-21(16-12-14(13-28)4-5-18(16)30-22)32-35-11-10-33-8-6-29-7-9-33/h1-5,12,29-30H,6-11H2,(H,31,34)/b22-19-,32-21+. The third kappa shape index (κ3) is 4.34. The average molecular weight is 482 g/mol. The van der Waals surface area contributed by atoms with Crippen LogP contribution in [0.15, 0.2) is 47.3 Å². The number of amides is 1. The molecule has 35 heavy (non-hydrogen) atoms. The Hall–Kier alpha value is -3.88. The number of nitrogens with zero attached hydrogens (tertiary/aromatic N) is 3. The first-order chi connectivity index (χ1) is 16.9. The van der Waals surface area contributed by atoms with Gasteiger partial charge in [-0.2, -0.15) is 18.4 Å². The van der Waals surface area contributed by atoms with Gasteiger partial charge in [0.15, 0.2) is 0 Å². The summed E-state index contributed by atoms with van der Waals surface area (Å²) in [4.78, 5) is 20.7. The van der Waals surface area contributed by atoms with Crippen molar-refractivity contribution in [3.63, 3.8) is 0 Å². The number of piperazine rings is 1. The molecule has 0 aliphatic carbocycles. The van der Waals surface area contributed by atoms with Gasteiger partial charge in [0.2, 0.25) is 0 Å². The Labute approximate surface area is 199 Å². The number of oxime groups is 1. The summed E-state index contributed by atoms with van der Waals surface area (Å²) in [6.07, 6.45) is -4.63. The van der Waals surface area contributed by atoms with Crippen LogP contribution in [-0.4, -0.2) is 55.8 Å². The van der Waals surface area contributed by atoms with Crippen molar-refractivity contribution >= 4 is 28.6 Å². The number of allylic oxidation sites excluding steroid dienone is 1. The van der Waals surface area contributed by atoms with E-state index < -0.39 is 17.6 Å². The highest BCUT2D eigenvalue weighted by molar-refractivity contribution is 6.39. The lowest BCUT2D eigenvalue weighted by Crippen LogP contribution is -2.44. The summed E-state index contributed by atoms with van der Waals surface area (Å²) in [5.74, 6) is -0.680. The molecule has 0 radical (unpaired) electrons. The predicted molar refractivity (Wildman–Crippen MR) is 124 cm³/mol. The van der Waals surface area contributed by atoms with Crippen molar-refractivity contribution in [1.29, 1.82) is 5.26 Å². The minimum absolute atomic E-state index is 0.0327. The summed E-state index contributed by atoms with van der Waals surface area (Å²) < 4.78 is 40.6. The molecule has 0 saturated carbocycles. The van der Waals surface area contributed by atoms with Gasteiger partial charge in [-0.25, -0.2) is 0 Å². The highest BCUT2D eigenvalue weighted by atomic mass is 19.4. The molecule has 3 N–H and O–H groups in total. The summed E-state index contributed by atoms with van der Waals surface area (Å²) in [6.45, 7) is 4.52. The van der Waals surface area contributed by atoms with Crippen LogP contribution < -0.4 is 16.0 Å². The first-order valence-corrected chi connectivity index (χ1v) is 11.1. The summed E-state index contributed by atoms with van der Waals surface area (Å²) in [7, 11) is 0. The van der Waals surface area contributed by atoms with E-state index >= 15 is 0 Å². The van der Waals surface area contributed by atoms with Gasteiger partial charge in [-0.15, -0.1) is 0 Å². The maximum Gasteiger partial charge on any atom is 0.418 e. The van der Waals surface area contributed by atoms with Gasteiger partial charge in [0.05, 0.1) is 34.2 Å². The van der Waals surface area contributed by atoms with Crippen molar-refractivity contribution in [2.75, 3.05) is 50.0 Å². The molecule has 0 bridgehead atoms. The number of fused-ring (bicyclic) bond motifs is 2. The summed E-state index contributed by atoms with van der Waals surface area (Å²) in [5.41, 5.74) is 0.904. The van der Waals surface area contributed by atoms with Crippen LogP contribution in [0.1, 0.15) is 22.3 Å². The predicted octanol–water partition coefficient (Wildman–Crippen LogP) is 2.99. The lowest BCUT2D eigenvalue weighted by Gasteiger charge is -2.26. The Morgan fingerprint density at radius 2 is 1.91 bits per heavy atom. The Kier molecular flexibility index (Phi) is 5.92. The Balaban J connectivity index is 1.54. The van der Waals surface area contributed by atoms with Crippen LogP contribution >= 0.6 is 0 Å². The number of hydrogen-bond acceptors (Lipinski definition) is 7. The maximum atomic E-state index is 13.5. The van der Waals surface area contributed by atoms with Gasteiger partial charge in [-0.1, -0.05) is 17.3 Å². The molecule has 0 unspecified atom stereocenters. The maximum absolute atomic E-state index is 13.5. The zero-order valence-corrected chi connectivity index (χ0v) is 18.5. The molecule has 3 aliphatic heterocycles. The van der Waals surface area contributed by atoms with Crippen LogP contribution in [0.4, 0.5) is 24.5 Å². The van der Waals surface area contributed by atoms with Crippen LogP contribution in [0.25, 0.3) is 5.57 Å². The molecule has 3 aliphatic rings. The second kappa shape index (κ2) is 9.05. The lowest BCUT2D eigenvalue weighted by molar-refractivity contribution is -0.136. The van der Waals surface area contributed by atoms with Crippen LogP contribution in [0.2, 0.25) is 0 Å². The quantitative estimate of drug-likeness (QED) is 0.352. The molecule has 2 aromatic carbocycles. The second-order valence-corrected chi connectivity index (χ2v) is 8.29. The Bertz CT molecular complexity index is 1290. The fraction of sp³-hybridized carbons (Fsp3) is 0.292. The van der Waals surface area contributed by atoms with Gasteiger partial charge in [-0.05, 0) is 24.3 Å². The molecule has 0 aromatic heterocycles. The van der Waals surface area contributed by atoms with Gasteiger partial charge in [0, 0.05) is 49.5 Å². The fourth-order valence-corrected chi connectivity index (χ4v) is 4.42. The van der Waals surface area contributed by atoms with Gasteiger partial charge in [-0.3, -0.25) is 9.69 Å². The fourth-order valence-electron chi connectivity index (χ4n) is 4.42. The minimum Gasteiger partial charge on any atom is -0.394 e. The molecule has 11 heteroatoms. The van der Waals surface area contributed by atoms with Crippen LogP contribution in [0.3, 0.4) is 0 Å². The Morgan fingerprint density at radius 1 is 1.11 bits per heavy atom. The number of carbonyl (C=O) groups is 1. The van der Waals surface area contributed by atoms with E-state index in [1.807, 2.05) is 0 Å². The van der Waals surface area contributed by atoms with Crippen molar-refractivity contribution in [3.05, 3.63) is 64.3 Å². The van der Waals surface area contributed by atoms with E-state index in [0.29, 0.717) is 30.0 Å². The topological polar surface area (TPSA) is 102 Å². The molecule has 1 saturated heterocycles. The molecule has 0 spiro atoms. The second-order valence-electron chi connectivity index (χ2n) is 8.29. The smallest absolute Gasteiger partial charge is 0.394 e. The molecular weight excluding hydrogens is 461 g/mol. The van der Waals surface area contributed by atoms with Crippen LogP contribution in [0.5, 0.6) is 0 Å². The van der Waals surface area contributed by atoms with Crippen molar-refractivity contribution in [2.45, 2.75) is 6.18 Å². The highest BCUT2D eigenvalue weighted by Crippen LogP contribution is 2.45. The lowest BCUT2D eigenvalue weighted by atomic mass is 9.99. The number of para-hydroxylation sites is 1. The van der Waals surface area contributed by atoms with E-state index in [1.165, 1.54) is 12.1 Å². The zero-order valence-electron chi connectivity index (χ0n) is 18.5. The number of benzene rings is 2. The normalized spacial score (nSPS) is 20.7. The van der Waals surface area contributed by atoms with Crippen molar-refractivity contribution in [3.8, 4) is 6.07 Å². The van der Waals surface area contributed by atoms with E-state index in [9.17, 15) is 23.2 Å². The molecule has 0 atom stereocenters. The van der Waals surface area contributed by atoms with E-state index in [4.69, 9.17) is 4.84 Å². The van der Waals surface area contributed by atoms with Crippen molar-refractivity contribution in [2.24, 2.45) is 5.16 Å². The number of rotatable bonds is 4. The van der Waals surface area contributed by atoms with E-state index in [2.05, 4.69) is 32.1 Å². The number of hydrogen-bond donors (Lipinski definition) is 3. The van der Waals surface area contributed by atoms with Crippen LogP contribution in [-0.2, 0) is 15.8 Å². The number of carbonyl (C=O) groups excluding carboxylic acids is 1. The van der Waals surface area contributed by atoms with E-state index in [0.717, 1.165) is 32.2 Å². The summed E-state index contributed by atoms with van der Waals surface area (Å²) in [5, 5.41) is 22.3. The zero-order chi connectivity index (χ0) is 24.6. The van der Waals surface area contributed by atoms with Gasteiger partial charge in [0.1, 0.15) is 12.3 Å². The van der Waals surface area contributed by atoms with E-state index in [1.54, 1.807) is 18.2 Å². The minimum atomic E-state index is -4.63. The van der Waals surface area contributed by atoms with E-state index in [-0.39, 0.29) is 28.2 Å². The molecule has 8 nitrogen and oxygen atoms in total. The third-order valence-corrected chi connectivity index (χ3v) is 6.12. The van der Waals surface area contributed by atoms with Crippen molar-refractivity contribution in [1.82, 2.24) is 10.2 Å². The molecule has 1 amide bonds. The molecule has 180 valence electrons. The molecule has 5 rings (SSSR count). The molecule has 1 fully saturated rings. The van der Waals surface area contributed by atoms with Crippen LogP contribution in [0, 0.1) is 11.3 Å². The highest BCUT2D eigenvalue weighted by Gasteiger charge is 2.41. The molecular formula is C24H21F3N6O2. The van der Waals surface area contributed by atoms with Gasteiger partial charge >= 0.3 is 6.18 Å². The first kappa shape index (κ1) is 22.9. The number of alkyl halides is 3. The monoisotopic (exact) mass is 482 g/mol. The Morgan fingerprint density at radius 3 is 2.66 bits per heavy atom. The number of halogens is 3. The summed E-state index contributed by atoms with van der Waals surface area (Å²) >= 11 is 0. The average Bonchev–Trinajstić information content (AvgIpc) is 3.37. The first-order valence-electron chi connectivity index (χ1n) is 11.1. The molecule has 3 heterocycles. The summed E-state index contributed by atoms with van der Waals surface area (Å²) in [6, 6.07) is 10.6. The number of nitrogens with one attached hydrogen (secondary N) is 3. The molecule has 2 aromatic rings. The number of anilines is 2.